The van der Waals surface area contributed by atoms with Crippen LogP contribution in [-0.4, -0.2) is 24.2 Å². The monoisotopic (exact) mass is 310 g/mol. The van der Waals surface area contributed by atoms with Crippen molar-refractivity contribution in [1.29, 1.82) is 0 Å². The summed E-state index contributed by atoms with van der Waals surface area (Å²) in [5, 5.41) is 5.93. The lowest BCUT2D eigenvalue weighted by Gasteiger charge is -2.27. The Morgan fingerprint density at radius 3 is 2.90 bits per heavy atom. The average Bonchev–Trinajstić information content (AvgIpc) is 2.97. The topological polar surface area (TPSA) is 34.2 Å². The first-order chi connectivity index (χ1) is 10.1. The summed E-state index contributed by atoms with van der Waals surface area (Å²) >= 11 is 1.45. The Hall–Kier alpha value is -1.37. The van der Waals surface area contributed by atoms with Gasteiger partial charge < -0.3 is 10.1 Å². The highest BCUT2D eigenvalue weighted by Gasteiger charge is 2.24. The fourth-order valence-corrected chi connectivity index (χ4v) is 3.27. The molecule has 0 amide bonds. The number of alkyl halides is 2. The maximum Gasteiger partial charge on any atom is 0.264 e. The Morgan fingerprint density at radius 2 is 2.14 bits per heavy atom. The summed E-state index contributed by atoms with van der Waals surface area (Å²) in [6.45, 7) is 3.52. The maximum absolute atomic E-state index is 13.1. The standard InChI is InChI=1S/C15H16F2N2OS/c1-9-6-18-7-13(20-9)15-19-12(8-21-15)10-4-2-3-5-11(10)14(16)17/h2-5,8-9,13-14,18H,6-7H2,1H3/t9-,13-/m1/s1. The number of halogens is 2. The Bertz CT molecular complexity index is 617. The van der Waals surface area contributed by atoms with Crippen LogP contribution < -0.4 is 5.32 Å². The number of hydrogen-bond acceptors (Lipinski definition) is 4. The minimum Gasteiger partial charge on any atom is -0.365 e. The van der Waals surface area contributed by atoms with E-state index in [-0.39, 0.29) is 17.8 Å². The van der Waals surface area contributed by atoms with E-state index in [2.05, 4.69) is 10.3 Å². The number of benzene rings is 1. The lowest BCUT2D eigenvalue weighted by atomic mass is 10.1. The summed E-state index contributed by atoms with van der Waals surface area (Å²) in [5.74, 6) is 0. The zero-order valence-corrected chi connectivity index (χ0v) is 12.4. The van der Waals surface area contributed by atoms with Crippen LogP contribution in [-0.2, 0) is 4.74 Å². The van der Waals surface area contributed by atoms with Crippen molar-refractivity contribution in [2.24, 2.45) is 0 Å². The molecule has 1 aliphatic heterocycles. The minimum absolute atomic E-state index is 0.0189. The van der Waals surface area contributed by atoms with E-state index in [1.807, 2.05) is 12.3 Å². The molecule has 0 saturated carbocycles. The molecule has 6 heteroatoms. The normalized spacial score (nSPS) is 22.7. The van der Waals surface area contributed by atoms with Crippen LogP contribution in [0.3, 0.4) is 0 Å². The van der Waals surface area contributed by atoms with E-state index in [4.69, 9.17) is 4.74 Å². The van der Waals surface area contributed by atoms with Crippen LogP contribution >= 0.6 is 11.3 Å². The number of nitrogens with one attached hydrogen (secondary N) is 1. The zero-order chi connectivity index (χ0) is 14.8. The van der Waals surface area contributed by atoms with Crippen LogP contribution in [0.2, 0.25) is 0 Å². The van der Waals surface area contributed by atoms with Crippen LogP contribution in [0.5, 0.6) is 0 Å². The van der Waals surface area contributed by atoms with Crippen LogP contribution in [0.25, 0.3) is 11.3 Å². The average molecular weight is 310 g/mol. The molecule has 21 heavy (non-hydrogen) atoms. The molecular formula is C15H16F2N2OS. The van der Waals surface area contributed by atoms with Crippen molar-refractivity contribution in [3.8, 4) is 11.3 Å². The summed E-state index contributed by atoms with van der Waals surface area (Å²) in [7, 11) is 0. The highest BCUT2D eigenvalue weighted by Crippen LogP contribution is 2.33. The molecule has 0 aliphatic carbocycles. The molecule has 3 rings (SSSR count). The van der Waals surface area contributed by atoms with Gasteiger partial charge in [0.2, 0.25) is 0 Å². The molecule has 2 heterocycles. The summed E-state index contributed by atoms with van der Waals surface area (Å²) in [6.07, 6.45) is -2.48. The van der Waals surface area contributed by atoms with E-state index in [0.29, 0.717) is 17.8 Å². The Balaban J connectivity index is 1.88. The number of rotatable bonds is 3. The van der Waals surface area contributed by atoms with Crippen molar-refractivity contribution >= 4 is 11.3 Å². The largest absolute Gasteiger partial charge is 0.365 e. The molecule has 2 aromatic rings. The highest BCUT2D eigenvalue weighted by molar-refractivity contribution is 7.10. The van der Waals surface area contributed by atoms with Crippen molar-refractivity contribution < 1.29 is 13.5 Å². The third kappa shape index (κ3) is 3.12. The van der Waals surface area contributed by atoms with Gasteiger partial charge in [0, 0.05) is 29.6 Å². The lowest BCUT2D eigenvalue weighted by molar-refractivity contribution is -0.0287. The molecule has 0 bridgehead atoms. The molecular weight excluding hydrogens is 294 g/mol. The van der Waals surface area contributed by atoms with E-state index < -0.39 is 6.43 Å². The van der Waals surface area contributed by atoms with Crippen LogP contribution in [0.15, 0.2) is 29.6 Å². The van der Waals surface area contributed by atoms with Gasteiger partial charge >= 0.3 is 0 Å². The second kappa shape index (κ2) is 6.17. The Labute approximate surface area is 126 Å². The Kier molecular flexibility index (Phi) is 4.28. The van der Waals surface area contributed by atoms with E-state index in [1.54, 1.807) is 18.2 Å². The van der Waals surface area contributed by atoms with Gasteiger partial charge in [-0.15, -0.1) is 11.3 Å². The quantitative estimate of drug-likeness (QED) is 0.936. The number of morpholine rings is 1. The van der Waals surface area contributed by atoms with Gasteiger partial charge in [-0.1, -0.05) is 24.3 Å². The second-order valence-electron chi connectivity index (χ2n) is 5.05. The van der Waals surface area contributed by atoms with E-state index in [9.17, 15) is 8.78 Å². The third-order valence-corrected chi connectivity index (χ3v) is 4.36. The van der Waals surface area contributed by atoms with Gasteiger partial charge in [-0.25, -0.2) is 13.8 Å². The molecule has 112 valence electrons. The second-order valence-corrected chi connectivity index (χ2v) is 5.94. The highest BCUT2D eigenvalue weighted by atomic mass is 32.1. The lowest BCUT2D eigenvalue weighted by Crippen LogP contribution is -2.38. The van der Waals surface area contributed by atoms with Crippen molar-refractivity contribution in [3.63, 3.8) is 0 Å². The first-order valence-corrected chi connectivity index (χ1v) is 7.72. The number of thiazole rings is 1. The fraction of sp³-hybridized carbons (Fsp3) is 0.400. The van der Waals surface area contributed by atoms with Gasteiger partial charge in [-0.05, 0) is 6.92 Å². The molecule has 1 N–H and O–H groups in total. The van der Waals surface area contributed by atoms with Gasteiger partial charge in [0.05, 0.1) is 11.8 Å². The molecule has 2 atom stereocenters. The number of hydrogen-bond donors (Lipinski definition) is 1. The number of aromatic nitrogens is 1. The van der Waals surface area contributed by atoms with Crippen LogP contribution in [0.4, 0.5) is 8.78 Å². The summed E-state index contributed by atoms with van der Waals surface area (Å²) < 4.78 is 32.0. The van der Waals surface area contributed by atoms with E-state index in [0.717, 1.165) is 11.6 Å². The van der Waals surface area contributed by atoms with Gasteiger partial charge in [-0.2, -0.15) is 0 Å². The molecule has 1 saturated heterocycles. The van der Waals surface area contributed by atoms with Crippen LogP contribution in [0, 0.1) is 0 Å². The van der Waals surface area contributed by atoms with E-state index >= 15 is 0 Å². The Morgan fingerprint density at radius 1 is 1.33 bits per heavy atom. The molecule has 1 aliphatic rings. The molecule has 0 unspecified atom stereocenters. The van der Waals surface area contributed by atoms with Crippen molar-refractivity contribution in [1.82, 2.24) is 10.3 Å². The first-order valence-electron chi connectivity index (χ1n) is 6.84. The molecule has 0 spiro atoms. The SMILES string of the molecule is C[C@@H]1CNC[C@H](c2nc(-c3ccccc3C(F)F)cs2)O1. The smallest absolute Gasteiger partial charge is 0.264 e. The summed E-state index contributed by atoms with van der Waals surface area (Å²) in [6, 6.07) is 6.50. The van der Waals surface area contributed by atoms with E-state index in [1.165, 1.54) is 17.4 Å². The van der Waals surface area contributed by atoms with Crippen molar-refractivity contribution in [2.45, 2.75) is 25.6 Å². The molecule has 1 aromatic carbocycles. The van der Waals surface area contributed by atoms with Gasteiger partial charge in [-0.3, -0.25) is 0 Å². The molecule has 0 radical (unpaired) electrons. The van der Waals surface area contributed by atoms with Gasteiger partial charge in [0.1, 0.15) is 11.1 Å². The molecule has 1 fully saturated rings. The summed E-state index contributed by atoms with van der Waals surface area (Å²) in [5.41, 5.74) is 1.10. The molecule has 3 nitrogen and oxygen atoms in total. The van der Waals surface area contributed by atoms with Crippen molar-refractivity contribution in [3.05, 3.63) is 40.2 Å². The van der Waals surface area contributed by atoms with Gasteiger partial charge in [0.15, 0.2) is 0 Å². The van der Waals surface area contributed by atoms with Gasteiger partial charge in [0.25, 0.3) is 6.43 Å². The third-order valence-electron chi connectivity index (χ3n) is 3.43. The first kappa shape index (κ1) is 14.6. The van der Waals surface area contributed by atoms with Crippen LogP contribution in [0.1, 0.15) is 30.0 Å². The fourth-order valence-electron chi connectivity index (χ4n) is 2.42. The summed E-state index contributed by atoms with van der Waals surface area (Å²) in [4.78, 5) is 4.50. The number of nitrogens with zero attached hydrogens (tertiary/aromatic N) is 1. The molecule has 1 aromatic heterocycles. The predicted octanol–water partition coefficient (Wildman–Crippen LogP) is 3.80. The maximum atomic E-state index is 13.1. The van der Waals surface area contributed by atoms with Crippen molar-refractivity contribution in [2.75, 3.05) is 13.1 Å². The predicted molar refractivity (Wildman–Crippen MR) is 78.7 cm³/mol. The number of ether oxygens (including phenoxy) is 1. The zero-order valence-electron chi connectivity index (χ0n) is 11.6. The minimum atomic E-state index is -2.50.